The Bertz CT molecular complexity index is 338. The van der Waals surface area contributed by atoms with Gasteiger partial charge in [-0.25, -0.2) is 4.79 Å². The van der Waals surface area contributed by atoms with Gasteiger partial charge in [-0.05, 0) is 12.1 Å². The molecule has 0 saturated carbocycles. The molecule has 0 saturated heterocycles. The minimum absolute atomic E-state index is 0. The minimum atomic E-state index is -0.978. The molecule has 14 heavy (non-hydrogen) atoms. The molecule has 0 unspecified atom stereocenters. The lowest BCUT2D eigenvalue weighted by atomic mass is 10.3. The highest BCUT2D eigenvalue weighted by Crippen LogP contribution is 2.17. The van der Waals surface area contributed by atoms with E-state index in [1.54, 1.807) is 0 Å². The van der Waals surface area contributed by atoms with Gasteiger partial charge in [-0.2, -0.15) is 0 Å². The van der Waals surface area contributed by atoms with Crippen LogP contribution in [0.3, 0.4) is 0 Å². The van der Waals surface area contributed by atoms with Gasteiger partial charge in [0.15, 0.2) is 0 Å². The van der Waals surface area contributed by atoms with Crippen molar-refractivity contribution in [2.75, 3.05) is 0 Å². The Labute approximate surface area is 84.2 Å². The van der Waals surface area contributed by atoms with E-state index in [2.05, 4.69) is 4.74 Å². The number of carbonyl (C=O) groups is 1. The maximum atomic E-state index is 10.2. The van der Waals surface area contributed by atoms with Crippen LogP contribution in [0.5, 0.6) is 5.75 Å². The molecule has 1 aromatic rings. The number of nitro groups is 1. The summed E-state index contributed by atoms with van der Waals surface area (Å²) in [6.07, 6.45) is 0. The van der Waals surface area contributed by atoms with E-state index in [0.29, 0.717) is 0 Å². The first-order chi connectivity index (χ1) is 6.09. The van der Waals surface area contributed by atoms with Gasteiger partial charge in [0.25, 0.3) is 5.69 Å². The summed E-state index contributed by atoms with van der Waals surface area (Å²) < 4.78 is 4.45. The lowest BCUT2D eigenvalue weighted by Crippen LogP contribution is -1.96. The van der Waals surface area contributed by atoms with E-state index in [9.17, 15) is 14.9 Å². The molecule has 0 spiro atoms. The maximum absolute atomic E-state index is 10.2. The van der Waals surface area contributed by atoms with E-state index < -0.39 is 10.4 Å². The molecule has 1 aromatic carbocycles. The van der Waals surface area contributed by atoms with Crippen molar-refractivity contribution < 1.29 is 14.5 Å². The molecule has 3 N–H and O–H groups in total. The fourth-order valence-corrected chi connectivity index (χ4v) is 0.818. The van der Waals surface area contributed by atoms with Gasteiger partial charge in [0.05, 0.1) is 4.92 Å². The quantitative estimate of drug-likeness (QED) is 0.466. The number of nitro benzene ring substituents is 1. The summed E-state index contributed by atoms with van der Waals surface area (Å²) in [6, 6.07) is 5.02. The summed E-state index contributed by atoms with van der Waals surface area (Å²) in [5.74, 6) is 0.172. The van der Waals surface area contributed by atoms with Crippen LogP contribution in [0.4, 0.5) is 10.5 Å². The van der Waals surface area contributed by atoms with Crippen molar-refractivity contribution in [2.24, 2.45) is 0 Å². The van der Waals surface area contributed by atoms with E-state index in [0.717, 1.165) is 0 Å². The topological polar surface area (TPSA) is 104 Å². The second kappa shape index (κ2) is 5.15. The van der Waals surface area contributed by atoms with E-state index >= 15 is 0 Å². The molecule has 7 heteroatoms. The number of halogens is 1. The molecule has 0 radical (unpaired) electrons. The molecule has 0 amide bonds. The smallest absolute Gasteiger partial charge is 0.409 e. The molecule has 0 aliphatic carbocycles. The van der Waals surface area contributed by atoms with Crippen molar-refractivity contribution in [3.8, 4) is 5.75 Å². The molecular formula is C7H7ClN2O4. The molecule has 76 valence electrons. The predicted molar refractivity (Wildman–Crippen MR) is 50.0 cm³/mol. The zero-order valence-corrected chi connectivity index (χ0v) is 7.73. The Morgan fingerprint density at radius 1 is 1.36 bits per heavy atom. The van der Waals surface area contributed by atoms with Crippen molar-refractivity contribution >= 4 is 22.7 Å². The van der Waals surface area contributed by atoms with Crippen molar-refractivity contribution in [3.63, 3.8) is 0 Å². The van der Waals surface area contributed by atoms with Crippen LogP contribution < -0.4 is 10.9 Å². The Morgan fingerprint density at radius 2 is 1.86 bits per heavy atom. The highest BCUT2D eigenvalue weighted by Gasteiger charge is 2.05. The molecular weight excluding hydrogens is 212 g/mol. The lowest BCUT2D eigenvalue weighted by molar-refractivity contribution is -0.384. The minimum Gasteiger partial charge on any atom is -0.414 e. The van der Waals surface area contributed by atoms with Gasteiger partial charge in [0.1, 0.15) is 5.75 Å². The molecule has 0 heterocycles. The van der Waals surface area contributed by atoms with Gasteiger partial charge in [-0.1, -0.05) is 0 Å². The number of ether oxygens (including phenoxy) is 1. The zero-order chi connectivity index (χ0) is 9.84. The third-order valence-corrected chi connectivity index (χ3v) is 1.32. The first kappa shape index (κ1) is 12.3. The second-order valence-corrected chi connectivity index (χ2v) is 2.40. The lowest BCUT2D eigenvalue weighted by Gasteiger charge is -1.97. The molecule has 0 aromatic heterocycles. The Hall–Kier alpha value is -1.66. The summed E-state index contributed by atoms with van der Waals surface area (Å²) in [5, 5.41) is 10.2. The van der Waals surface area contributed by atoms with Gasteiger partial charge >= 0.3 is 5.43 Å². The van der Waals surface area contributed by atoms with Gasteiger partial charge in [0, 0.05) is 23.7 Å². The van der Waals surface area contributed by atoms with E-state index in [1.807, 2.05) is 0 Å². The standard InChI is InChI=1S/C7H4ClNO4.H3N/c8-7(10)13-6-3-1-5(2-4-6)9(11)12;/h1-4H;1H3. The molecule has 1 rings (SSSR count). The summed E-state index contributed by atoms with van der Waals surface area (Å²) in [6.45, 7) is 0. The fourth-order valence-electron chi connectivity index (χ4n) is 0.729. The number of hydrogen-bond donors (Lipinski definition) is 1. The molecule has 6 nitrogen and oxygen atoms in total. The SMILES string of the molecule is N.O=C(Cl)Oc1ccc([N+](=O)[O-])cc1. The highest BCUT2D eigenvalue weighted by molar-refractivity contribution is 6.61. The van der Waals surface area contributed by atoms with Crippen LogP contribution in [0.25, 0.3) is 0 Å². The number of nitrogens with zero attached hydrogens (tertiary/aromatic N) is 1. The van der Waals surface area contributed by atoms with Crippen LogP contribution in [0.1, 0.15) is 0 Å². The van der Waals surface area contributed by atoms with Gasteiger partial charge < -0.3 is 10.9 Å². The van der Waals surface area contributed by atoms with Crippen LogP contribution >= 0.6 is 11.6 Å². The van der Waals surface area contributed by atoms with Crippen LogP contribution in [0.15, 0.2) is 24.3 Å². The number of hydrogen-bond acceptors (Lipinski definition) is 5. The first-order valence-corrected chi connectivity index (χ1v) is 3.59. The first-order valence-electron chi connectivity index (χ1n) is 3.21. The average Bonchev–Trinajstić information content (AvgIpc) is 2.04. The molecule has 0 aliphatic rings. The Balaban J connectivity index is 0.00000169. The molecule has 0 fully saturated rings. The normalized spacial score (nSPS) is 8.64. The molecule has 0 atom stereocenters. The van der Waals surface area contributed by atoms with Crippen LogP contribution in [-0.4, -0.2) is 10.4 Å². The summed E-state index contributed by atoms with van der Waals surface area (Å²) >= 11 is 4.92. The predicted octanol–water partition coefficient (Wildman–Crippen LogP) is 2.49. The number of rotatable bonds is 2. The van der Waals surface area contributed by atoms with Crippen LogP contribution in [0, 0.1) is 10.1 Å². The fraction of sp³-hybridized carbons (Fsp3) is 0. The number of carbonyl (C=O) groups excluding carboxylic acids is 1. The third-order valence-electron chi connectivity index (χ3n) is 1.25. The zero-order valence-electron chi connectivity index (χ0n) is 6.97. The average molecular weight is 219 g/mol. The van der Waals surface area contributed by atoms with E-state index in [-0.39, 0.29) is 17.6 Å². The number of benzene rings is 1. The second-order valence-electron chi connectivity index (χ2n) is 2.09. The van der Waals surface area contributed by atoms with E-state index in [4.69, 9.17) is 11.6 Å². The summed E-state index contributed by atoms with van der Waals surface area (Å²) in [5.41, 5.74) is -1.05. The monoisotopic (exact) mass is 218 g/mol. The van der Waals surface area contributed by atoms with Gasteiger partial charge in [-0.15, -0.1) is 0 Å². The Morgan fingerprint density at radius 3 is 2.21 bits per heavy atom. The summed E-state index contributed by atoms with van der Waals surface area (Å²) in [4.78, 5) is 19.9. The van der Waals surface area contributed by atoms with Crippen LogP contribution in [0.2, 0.25) is 0 Å². The van der Waals surface area contributed by atoms with Crippen molar-refractivity contribution in [3.05, 3.63) is 34.4 Å². The largest absolute Gasteiger partial charge is 0.414 e. The van der Waals surface area contributed by atoms with Crippen molar-refractivity contribution in [1.29, 1.82) is 0 Å². The van der Waals surface area contributed by atoms with E-state index in [1.165, 1.54) is 24.3 Å². The highest BCUT2D eigenvalue weighted by atomic mass is 35.5. The van der Waals surface area contributed by atoms with Crippen molar-refractivity contribution in [1.82, 2.24) is 6.15 Å². The van der Waals surface area contributed by atoms with Gasteiger partial charge in [-0.3, -0.25) is 10.1 Å². The van der Waals surface area contributed by atoms with Gasteiger partial charge in [0.2, 0.25) is 0 Å². The number of non-ortho nitro benzene ring substituents is 1. The third kappa shape index (κ3) is 3.38. The maximum Gasteiger partial charge on any atom is 0.409 e. The summed E-state index contributed by atoms with van der Waals surface area (Å²) in [7, 11) is 0. The van der Waals surface area contributed by atoms with Crippen molar-refractivity contribution in [2.45, 2.75) is 0 Å². The van der Waals surface area contributed by atoms with Crippen LogP contribution in [-0.2, 0) is 0 Å². The Kier molecular flexibility index (Phi) is 4.54. The molecule has 0 bridgehead atoms. The molecule has 0 aliphatic heterocycles.